The van der Waals surface area contributed by atoms with E-state index in [0.29, 0.717) is 23.7 Å². The SMILES string of the molecule is CC(C)Cc1ccc(C(C)C2C=CC(Br)=CC2Cc2ccccc2Cl)cc1. The van der Waals surface area contributed by atoms with Crippen molar-refractivity contribution in [1.29, 1.82) is 0 Å². The number of halogens is 2. The van der Waals surface area contributed by atoms with Crippen LogP contribution in [-0.2, 0) is 12.8 Å². The molecule has 1 aliphatic rings. The van der Waals surface area contributed by atoms with Crippen LogP contribution >= 0.6 is 27.5 Å². The first-order chi connectivity index (χ1) is 12.9. The summed E-state index contributed by atoms with van der Waals surface area (Å²) in [4.78, 5) is 0. The molecule has 0 radical (unpaired) electrons. The van der Waals surface area contributed by atoms with Crippen LogP contribution < -0.4 is 0 Å². The second-order valence-corrected chi connectivity index (χ2v) is 9.40. The highest BCUT2D eigenvalue weighted by molar-refractivity contribution is 9.11. The molecule has 0 saturated heterocycles. The third-order valence-corrected chi connectivity index (χ3v) is 6.38. The molecular formula is C25H28BrCl. The highest BCUT2D eigenvalue weighted by Crippen LogP contribution is 2.39. The van der Waals surface area contributed by atoms with Crippen molar-refractivity contribution in [3.63, 3.8) is 0 Å². The molecule has 0 aromatic heterocycles. The molecule has 3 atom stereocenters. The van der Waals surface area contributed by atoms with E-state index in [0.717, 1.165) is 22.3 Å². The van der Waals surface area contributed by atoms with E-state index in [1.54, 1.807) is 0 Å². The van der Waals surface area contributed by atoms with Gasteiger partial charge in [0, 0.05) is 9.51 Å². The van der Waals surface area contributed by atoms with Crippen LogP contribution in [0.25, 0.3) is 0 Å². The molecule has 0 fully saturated rings. The van der Waals surface area contributed by atoms with Crippen molar-refractivity contribution in [2.45, 2.75) is 39.5 Å². The maximum absolute atomic E-state index is 6.43. The molecule has 0 amide bonds. The lowest BCUT2D eigenvalue weighted by Crippen LogP contribution is -2.21. The van der Waals surface area contributed by atoms with E-state index in [2.05, 4.69) is 91.3 Å². The number of benzene rings is 2. The van der Waals surface area contributed by atoms with E-state index in [-0.39, 0.29) is 0 Å². The molecular weight excluding hydrogens is 416 g/mol. The first-order valence-electron chi connectivity index (χ1n) is 9.82. The summed E-state index contributed by atoms with van der Waals surface area (Å²) < 4.78 is 1.16. The third kappa shape index (κ3) is 5.36. The van der Waals surface area contributed by atoms with Crippen molar-refractivity contribution in [1.82, 2.24) is 0 Å². The minimum Gasteiger partial charge on any atom is -0.0840 e. The van der Waals surface area contributed by atoms with E-state index in [4.69, 9.17) is 11.6 Å². The minimum atomic E-state index is 0.426. The number of hydrogen-bond donors (Lipinski definition) is 0. The van der Waals surface area contributed by atoms with E-state index in [1.807, 2.05) is 12.1 Å². The Labute approximate surface area is 177 Å². The summed E-state index contributed by atoms with van der Waals surface area (Å²) in [6.45, 7) is 6.89. The van der Waals surface area contributed by atoms with E-state index < -0.39 is 0 Å². The molecule has 0 spiro atoms. The maximum atomic E-state index is 6.43. The number of hydrogen-bond acceptors (Lipinski definition) is 0. The molecule has 1 aliphatic carbocycles. The van der Waals surface area contributed by atoms with Crippen LogP contribution in [0.2, 0.25) is 5.02 Å². The lowest BCUT2D eigenvalue weighted by molar-refractivity contribution is 0.407. The van der Waals surface area contributed by atoms with Gasteiger partial charge >= 0.3 is 0 Å². The predicted octanol–water partition coefficient (Wildman–Crippen LogP) is 7.97. The first-order valence-corrected chi connectivity index (χ1v) is 11.0. The van der Waals surface area contributed by atoms with Crippen molar-refractivity contribution in [2.75, 3.05) is 0 Å². The molecule has 2 heteroatoms. The van der Waals surface area contributed by atoms with Crippen LogP contribution in [0, 0.1) is 17.8 Å². The molecule has 0 bridgehead atoms. The first kappa shape index (κ1) is 20.4. The highest BCUT2D eigenvalue weighted by atomic mass is 79.9. The molecule has 0 saturated carbocycles. The molecule has 0 nitrogen and oxygen atoms in total. The molecule has 0 heterocycles. The van der Waals surface area contributed by atoms with Gasteiger partial charge in [-0.25, -0.2) is 0 Å². The van der Waals surface area contributed by atoms with E-state index in [1.165, 1.54) is 16.7 Å². The molecule has 27 heavy (non-hydrogen) atoms. The van der Waals surface area contributed by atoms with Crippen LogP contribution in [0.1, 0.15) is 43.4 Å². The maximum Gasteiger partial charge on any atom is 0.0438 e. The van der Waals surface area contributed by atoms with Gasteiger partial charge in [-0.15, -0.1) is 0 Å². The van der Waals surface area contributed by atoms with Crippen LogP contribution in [0.3, 0.4) is 0 Å². The minimum absolute atomic E-state index is 0.426. The average Bonchev–Trinajstić information content (AvgIpc) is 2.63. The summed E-state index contributed by atoms with van der Waals surface area (Å²) in [6.07, 6.45) is 9.00. The fourth-order valence-electron chi connectivity index (χ4n) is 4.02. The van der Waals surface area contributed by atoms with Crippen molar-refractivity contribution in [3.05, 3.63) is 93.0 Å². The normalized spacial score (nSPS) is 20.6. The standard InChI is InChI=1S/C25H28BrCl/c1-17(2)14-19-8-10-20(11-9-19)18(3)24-13-12-23(26)16-22(24)15-21-6-4-5-7-25(21)27/h4-13,16-18,22,24H,14-15H2,1-3H3. The van der Waals surface area contributed by atoms with E-state index in [9.17, 15) is 0 Å². The molecule has 142 valence electrons. The summed E-state index contributed by atoms with van der Waals surface area (Å²) >= 11 is 10.1. The topological polar surface area (TPSA) is 0 Å². The average molecular weight is 444 g/mol. The van der Waals surface area contributed by atoms with Crippen LogP contribution in [0.15, 0.2) is 71.2 Å². The highest BCUT2D eigenvalue weighted by Gasteiger charge is 2.27. The molecule has 3 unspecified atom stereocenters. The molecule has 2 aromatic carbocycles. The quantitative estimate of drug-likeness (QED) is 0.424. The van der Waals surface area contributed by atoms with Gasteiger partial charge in [-0.05, 0) is 59.3 Å². The Morgan fingerprint density at radius 3 is 2.37 bits per heavy atom. The monoisotopic (exact) mass is 442 g/mol. The van der Waals surface area contributed by atoms with E-state index >= 15 is 0 Å². The van der Waals surface area contributed by atoms with Crippen LogP contribution in [-0.4, -0.2) is 0 Å². The Morgan fingerprint density at radius 2 is 1.70 bits per heavy atom. The lowest BCUT2D eigenvalue weighted by Gasteiger charge is -2.31. The molecule has 0 aliphatic heterocycles. The zero-order chi connectivity index (χ0) is 19.4. The van der Waals surface area contributed by atoms with Crippen molar-refractivity contribution >= 4 is 27.5 Å². The second kappa shape index (κ2) is 9.26. The summed E-state index contributed by atoms with van der Waals surface area (Å²) in [5.41, 5.74) is 4.06. The summed E-state index contributed by atoms with van der Waals surface area (Å²) in [5, 5.41) is 0.862. The van der Waals surface area contributed by atoms with Gasteiger partial charge in [0.2, 0.25) is 0 Å². The van der Waals surface area contributed by atoms with Gasteiger partial charge < -0.3 is 0 Å². The van der Waals surface area contributed by atoms with Gasteiger partial charge in [0.25, 0.3) is 0 Å². The second-order valence-electron chi connectivity index (χ2n) is 8.08. The Bertz CT molecular complexity index is 816. The van der Waals surface area contributed by atoms with Gasteiger partial charge in [0.15, 0.2) is 0 Å². The number of rotatable bonds is 6. The zero-order valence-corrected chi connectivity index (χ0v) is 18.7. The Balaban J connectivity index is 1.80. The van der Waals surface area contributed by atoms with Gasteiger partial charge in [-0.2, -0.15) is 0 Å². The smallest absolute Gasteiger partial charge is 0.0438 e. The summed E-state index contributed by atoms with van der Waals surface area (Å²) in [6, 6.07) is 17.4. The Kier molecular flexibility index (Phi) is 7.00. The lowest BCUT2D eigenvalue weighted by atomic mass is 9.74. The van der Waals surface area contributed by atoms with Gasteiger partial charge in [-0.1, -0.05) is 109 Å². The largest absolute Gasteiger partial charge is 0.0840 e. The number of allylic oxidation sites excluding steroid dienone is 4. The molecule has 3 rings (SSSR count). The fraction of sp³-hybridized carbons (Fsp3) is 0.360. The van der Waals surface area contributed by atoms with Crippen LogP contribution in [0.4, 0.5) is 0 Å². The zero-order valence-electron chi connectivity index (χ0n) is 16.3. The molecule has 2 aromatic rings. The fourth-order valence-corrected chi connectivity index (χ4v) is 4.72. The van der Waals surface area contributed by atoms with Crippen molar-refractivity contribution in [3.8, 4) is 0 Å². The summed E-state index contributed by atoms with van der Waals surface area (Å²) in [7, 11) is 0. The third-order valence-electron chi connectivity index (χ3n) is 5.49. The van der Waals surface area contributed by atoms with Crippen molar-refractivity contribution < 1.29 is 0 Å². The van der Waals surface area contributed by atoms with Gasteiger partial charge in [0.05, 0.1) is 0 Å². The van der Waals surface area contributed by atoms with Gasteiger partial charge in [-0.3, -0.25) is 0 Å². The van der Waals surface area contributed by atoms with Crippen molar-refractivity contribution in [2.24, 2.45) is 17.8 Å². The van der Waals surface area contributed by atoms with Gasteiger partial charge in [0.1, 0.15) is 0 Å². The molecule has 0 N–H and O–H groups in total. The predicted molar refractivity (Wildman–Crippen MR) is 122 cm³/mol. The summed E-state index contributed by atoms with van der Waals surface area (Å²) in [5.74, 6) is 2.03. The Morgan fingerprint density at radius 1 is 1.00 bits per heavy atom. The Hall–Kier alpha value is -1.31. The van der Waals surface area contributed by atoms with Crippen LogP contribution in [0.5, 0.6) is 0 Å².